The minimum absolute atomic E-state index is 0.870. The van der Waals surface area contributed by atoms with Gasteiger partial charge in [-0.15, -0.1) is 0 Å². The van der Waals surface area contributed by atoms with E-state index < -0.39 is 0 Å². The summed E-state index contributed by atoms with van der Waals surface area (Å²) in [6, 6.07) is 56.4. The summed E-state index contributed by atoms with van der Waals surface area (Å²) in [4.78, 5) is 20.3. The highest BCUT2D eigenvalue weighted by molar-refractivity contribution is 8.00. The molecule has 52 heavy (non-hydrogen) atoms. The number of aromatic nitrogens is 2. The Morgan fingerprint density at radius 3 is 1.02 bits per heavy atom. The molecule has 4 nitrogen and oxygen atoms in total. The van der Waals surface area contributed by atoms with E-state index in [4.69, 9.17) is 9.97 Å². The molecule has 2 aliphatic heterocycles. The van der Waals surface area contributed by atoms with Gasteiger partial charge in [-0.1, -0.05) is 96.3 Å². The molecule has 0 saturated heterocycles. The van der Waals surface area contributed by atoms with Crippen LogP contribution in [-0.2, 0) is 0 Å². The molecule has 0 atom stereocenters. The van der Waals surface area contributed by atoms with Crippen LogP contribution in [0.2, 0.25) is 0 Å². The van der Waals surface area contributed by atoms with Gasteiger partial charge in [0.05, 0.1) is 45.2 Å². The summed E-state index contributed by atoms with van der Waals surface area (Å²) in [7, 11) is 0. The summed E-state index contributed by atoms with van der Waals surface area (Å²) in [6.07, 6.45) is 0. The Bertz CT molecular complexity index is 2390. The van der Waals surface area contributed by atoms with Gasteiger partial charge in [0.25, 0.3) is 0 Å². The molecule has 10 rings (SSSR count). The number of aryl methyl sites for hydroxylation is 2. The Kier molecular flexibility index (Phi) is 7.41. The van der Waals surface area contributed by atoms with Crippen LogP contribution in [0.4, 0.5) is 34.1 Å². The molecule has 0 N–H and O–H groups in total. The van der Waals surface area contributed by atoms with Crippen LogP contribution < -0.4 is 9.80 Å². The number of rotatable bonds is 4. The summed E-state index contributed by atoms with van der Waals surface area (Å²) in [5.41, 5.74) is 15.0. The molecule has 2 aliphatic rings. The average Bonchev–Trinajstić information content (AvgIpc) is 3.19. The first-order valence-electron chi connectivity index (χ1n) is 17.4. The smallest absolute Gasteiger partial charge is 0.0973 e. The molecule has 6 heteroatoms. The quantitative estimate of drug-likeness (QED) is 0.181. The van der Waals surface area contributed by atoms with Crippen LogP contribution in [0.15, 0.2) is 177 Å². The molecule has 0 fully saturated rings. The van der Waals surface area contributed by atoms with Crippen molar-refractivity contribution in [2.75, 3.05) is 9.80 Å². The molecule has 8 aromatic rings. The lowest BCUT2D eigenvalue weighted by molar-refractivity contribution is 1.16. The van der Waals surface area contributed by atoms with Gasteiger partial charge in [-0.3, -0.25) is 0 Å². The lowest BCUT2D eigenvalue weighted by Crippen LogP contribution is -2.14. The van der Waals surface area contributed by atoms with E-state index in [1.165, 1.54) is 53.5 Å². The summed E-state index contributed by atoms with van der Waals surface area (Å²) in [6.45, 7) is 4.28. The third kappa shape index (κ3) is 5.17. The standard InChI is InChI=1S/C46H32N4S2/c1-29-27-35-36(28-30(29)2)48-46(32-21-25-34(26-22-32)50-39-13-5-9-17-43(39)52-44-18-10-6-14-40(44)50)45(47-35)31-19-23-33(24-20-31)49-37-11-3-7-15-41(37)51-42-16-8-4-12-38(42)49/h3-28H,1-2H3. The van der Waals surface area contributed by atoms with Gasteiger partial charge < -0.3 is 9.80 Å². The van der Waals surface area contributed by atoms with Crippen LogP contribution >= 0.6 is 23.5 Å². The molecule has 0 radical (unpaired) electrons. The normalized spacial score (nSPS) is 13.0. The van der Waals surface area contributed by atoms with Crippen molar-refractivity contribution in [3.05, 3.63) is 169 Å². The molecule has 3 heterocycles. The Morgan fingerprint density at radius 2 is 0.692 bits per heavy atom. The largest absolute Gasteiger partial charge is 0.308 e. The van der Waals surface area contributed by atoms with Crippen molar-refractivity contribution in [2.24, 2.45) is 0 Å². The first kappa shape index (κ1) is 31.0. The minimum Gasteiger partial charge on any atom is -0.308 e. The predicted octanol–water partition coefficient (Wildman–Crippen LogP) is 13.4. The summed E-state index contributed by atoms with van der Waals surface area (Å²) < 4.78 is 0. The molecule has 0 saturated carbocycles. The predicted molar refractivity (Wildman–Crippen MR) is 217 cm³/mol. The van der Waals surface area contributed by atoms with Gasteiger partial charge in [0.1, 0.15) is 0 Å². The number of nitrogens with zero attached hydrogens (tertiary/aromatic N) is 4. The van der Waals surface area contributed by atoms with E-state index in [0.717, 1.165) is 44.9 Å². The first-order chi connectivity index (χ1) is 25.6. The zero-order valence-corrected chi connectivity index (χ0v) is 30.2. The average molecular weight is 705 g/mol. The van der Waals surface area contributed by atoms with Gasteiger partial charge in [0.15, 0.2) is 0 Å². The fraction of sp³-hybridized carbons (Fsp3) is 0.0435. The minimum atomic E-state index is 0.870. The maximum atomic E-state index is 5.32. The molecular formula is C46H32N4S2. The van der Waals surface area contributed by atoms with Gasteiger partial charge in [0.2, 0.25) is 0 Å². The van der Waals surface area contributed by atoms with Gasteiger partial charge in [-0.2, -0.15) is 0 Å². The number of fused-ring (bicyclic) bond motifs is 5. The van der Waals surface area contributed by atoms with Crippen molar-refractivity contribution in [1.29, 1.82) is 0 Å². The molecule has 248 valence electrons. The van der Waals surface area contributed by atoms with Gasteiger partial charge >= 0.3 is 0 Å². The Hall–Kier alpha value is -5.82. The molecule has 7 aromatic carbocycles. The summed E-state index contributed by atoms with van der Waals surface area (Å²) in [5, 5.41) is 0. The maximum absolute atomic E-state index is 5.32. The van der Waals surface area contributed by atoms with Crippen molar-refractivity contribution < 1.29 is 0 Å². The van der Waals surface area contributed by atoms with Crippen LogP contribution in [0.1, 0.15) is 11.1 Å². The molecule has 0 aliphatic carbocycles. The Balaban J connectivity index is 1.08. The van der Waals surface area contributed by atoms with Crippen molar-refractivity contribution in [3.8, 4) is 22.5 Å². The van der Waals surface area contributed by atoms with Crippen molar-refractivity contribution >= 4 is 68.7 Å². The highest BCUT2D eigenvalue weighted by Crippen LogP contribution is 2.53. The van der Waals surface area contributed by atoms with Gasteiger partial charge in [-0.25, -0.2) is 9.97 Å². The molecule has 0 bridgehead atoms. The second kappa shape index (κ2) is 12.4. The van der Waals surface area contributed by atoms with Crippen LogP contribution in [0.25, 0.3) is 33.5 Å². The van der Waals surface area contributed by atoms with Crippen molar-refractivity contribution in [3.63, 3.8) is 0 Å². The topological polar surface area (TPSA) is 32.3 Å². The number of hydrogen-bond donors (Lipinski definition) is 0. The van der Waals surface area contributed by atoms with E-state index in [-0.39, 0.29) is 0 Å². The summed E-state index contributed by atoms with van der Waals surface area (Å²) in [5.74, 6) is 0. The number of benzene rings is 7. The fourth-order valence-corrected chi connectivity index (χ4v) is 9.33. The third-order valence-electron chi connectivity index (χ3n) is 9.94. The van der Waals surface area contributed by atoms with E-state index in [2.05, 4.69) is 181 Å². The molecule has 0 spiro atoms. The van der Waals surface area contributed by atoms with Crippen LogP contribution in [0, 0.1) is 13.8 Å². The van der Waals surface area contributed by atoms with Crippen LogP contribution in [0.5, 0.6) is 0 Å². The Labute approximate surface area is 311 Å². The van der Waals surface area contributed by atoms with Gasteiger partial charge in [-0.05, 0) is 110 Å². The maximum Gasteiger partial charge on any atom is 0.0973 e. The lowest BCUT2D eigenvalue weighted by Gasteiger charge is -2.33. The molecule has 0 amide bonds. The van der Waals surface area contributed by atoms with E-state index >= 15 is 0 Å². The molecule has 0 unspecified atom stereocenters. The van der Waals surface area contributed by atoms with Crippen LogP contribution in [0.3, 0.4) is 0 Å². The monoisotopic (exact) mass is 704 g/mol. The SMILES string of the molecule is Cc1cc2nc(-c3ccc(N4c5ccccc5Sc5ccccc54)cc3)c(-c3ccc(N4c5ccccc5Sc5ccccc54)cc3)nc2cc1C. The highest BCUT2D eigenvalue weighted by Gasteiger charge is 2.26. The van der Waals surface area contributed by atoms with Crippen molar-refractivity contribution in [1.82, 2.24) is 9.97 Å². The molecular weight excluding hydrogens is 673 g/mol. The van der Waals surface area contributed by atoms with E-state index in [1.807, 2.05) is 23.5 Å². The Morgan fingerprint density at radius 1 is 0.385 bits per heavy atom. The zero-order chi connectivity index (χ0) is 34.8. The number of para-hydroxylation sites is 4. The second-order valence-corrected chi connectivity index (χ2v) is 15.4. The number of anilines is 6. The lowest BCUT2D eigenvalue weighted by atomic mass is 10.0. The van der Waals surface area contributed by atoms with Crippen molar-refractivity contribution in [2.45, 2.75) is 33.4 Å². The van der Waals surface area contributed by atoms with E-state index in [0.29, 0.717) is 0 Å². The second-order valence-electron chi connectivity index (χ2n) is 13.2. The molecule has 1 aromatic heterocycles. The van der Waals surface area contributed by atoms with E-state index in [9.17, 15) is 0 Å². The van der Waals surface area contributed by atoms with Gasteiger partial charge in [0, 0.05) is 42.1 Å². The zero-order valence-electron chi connectivity index (χ0n) is 28.6. The summed E-state index contributed by atoms with van der Waals surface area (Å²) >= 11 is 3.65. The third-order valence-corrected chi connectivity index (χ3v) is 12.2. The number of hydrogen-bond acceptors (Lipinski definition) is 6. The fourth-order valence-electron chi connectivity index (χ4n) is 7.22. The first-order valence-corrected chi connectivity index (χ1v) is 19.0. The van der Waals surface area contributed by atoms with E-state index in [1.54, 1.807) is 0 Å². The van der Waals surface area contributed by atoms with Crippen LogP contribution in [-0.4, -0.2) is 9.97 Å². The highest BCUT2D eigenvalue weighted by atomic mass is 32.2.